The summed E-state index contributed by atoms with van der Waals surface area (Å²) in [6.07, 6.45) is 0. The lowest BCUT2D eigenvalue weighted by Gasteiger charge is -2.20. The summed E-state index contributed by atoms with van der Waals surface area (Å²) in [5.74, 6) is 5.87. The lowest BCUT2D eigenvalue weighted by Crippen LogP contribution is -2.36. The summed E-state index contributed by atoms with van der Waals surface area (Å²) < 4.78 is 118. The van der Waals surface area contributed by atoms with Gasteiger partial charge in [-0.05, 0) is 12.1 Å². The maximum absolute atomic E-state index is 10.7. The standard InChI is InChI=1S/C12H14S2.2CHF3O3S/c1-2-4-11(5-3-1)12-10-13-6-8-14(12)9-7-13;2*2-1(3,4)8(5,6)7/h1-5,10H,6-9H2;2*(H,5,6,7)/q+2;;/p-2. The monoisotopic (exact) mass is 520 g/mol. The van der Waals surface area contributed by atoms with Crippen LogP contribution in [0, 0.1) is 0 Å². The van der Waals surface area contributed by atoms with Gasteiger partial charge in [-0.25, -0.2) is 16.8 Å². The summed E-state index contributed by atoms with van der Waals surface area (Å²) in [7, 11) is -11.0. The molecule has 3 heterocycles. The lowest BCUT2D eigenvalue weighted by atomic mass is 10.2. The van der Waals surface area contributed by atoms with Crippen LogP contribution in [0.15, 0.2) is 35.7 Å². The largest absolute Gasteiger partial charge is 0.741 e. The Morgan fingerprint density at radius 1 is 0.733 bits per heavy atom. The van der Waals surface area contributed by atoms with Crippen LogP contribution < -0.4 is 0 Å². The molecule has 1 aromatic carbocycles. The first kappa shape index (κ1) is 27.1. The molecule has 0 amide bonds. The van der Waals surface area contributed by atoms with Gasteiger partial charge in [0.2, 0.25) is 4.91 Å². The topological polar surface area (TPSA) is 114 Å². The molecule has 4 rings (SSSR count). The second-order valence-corrected chi connectivity index (χ2v) is 12.6. The summed E-state index contributed by atoms with van der Waals surface area (Å²) in [6, 6.07) is 11.0. The molecule has 30 heavy (non-hydrogen) atoms. The Bertz CT molecular complexity index is 891. The van der Waals surface area contributed by atoms with E-state index in [-0.39, 0.29) is 0 Å². The predicted octanol–water partition coefficient (Wildman–Crippen LogP) is 2.35. The first-order valence-corrected chi connectivity index (χ1v) is 13.6. The van der Waals surface area contributed by atoms with Gasteiger partial charge in [0.05, 0.1) is 0 Å². The average Bonchev–Trinajstić information content (AvgIpc) is 2.61. The average molecular weight is 521 g/mol. The maximum Gasteiger partial charge on any atom is 0.485 e. The molecule has 0 spiro atoms. The fraction of sp³-hybridized carbons (Fsp3) is 0.429. The summed E-state index contributed by atoms with van der Waals surface area (Å²) in [5.41, 5.74) is -9.81. The number of hydrogen-bond donors (Lipinski definition) is 0. The highest BCUT2D eigenvalue weighted by molar-refractivity contribution is 8.13. The van der Waals surface area contributed by atoms with Crippen molar-refractivity contribution in [2.24, 2.45) is 0 Å². The molecule has 1 saturated heterocycles. The maximum atomic E-state index is 10.7. The van der Waals surface area contributed by atoms with Crippen molar-refractivity contribution in [3.63, 3.8) is 0 Å². The van der Waals surface area contributed by atoms with Gasteiger partial charge in [0.1, 0.15) is 0 Å². The van der Waals surface area contributed by atoms with Crippen LogP contribution in [0.4, 0.5) is 26.3 Å². The fourth-order valence-corrected chi connectivity index (χ4v) is 8.28. The fourth-order valence-electron chi connectivity index (χ4n) is 2.01. The second kappa shape index (κ2) is 10.1. The molecule has 0 atom stereocenters. The van der Waals surface area contributed by atoms with Gasteiger partial charge in [0, 0.05) is 27.4 Å². The molecule has 0 aromatic heterocycles. The molecule has 0 radical (unpaired) electrons. The van der Waals surface area contributed by atoms with Gasteiger partial charge in [-0.2, -0.15) is 26.3 Å². The Morgan fingerprint density at radius 2 is 1.10 bits per heavy atom. The van der Waals surface area contributed by atoms with E-state index >= 15 is 0 Å². The smallest absolute Gasteiger partial charge is 0.485 e. The zero-order chi connectivity index (χ0) is 23.4. The van der Waals surface area contributed by atoms with Gasteiger partial charge in [-0.15, -0.1) is 0 Å². The number of fused-ring (bicyclic) bond motifs is 2. The van der Waals surface area contributed by atoms with E-state index < -0.39 is 31.3 Å². The van der Waals surface area contributed by atoms with E-state index in [0.717, 1.165) is 0 Å². The van der Waals surface area contributed by atoms with Crippen LogP contribution >= 0.6 is 0 Å². The van der Waals surface area contributed by atoms with Crippen molar-refractivity contribution in [3.05, 3.63) is 41.3 Å². The van der Waals surface area contributed by atoms with Gasteiger partial charge in [-0.3, -0.25) is 0 Å². The molecule has 3 aliphatic rings. The van der Waals surface area contributed by atoms with Gasteiger partial charge in [0.15, 0.2) is 48.7 Å². The number of halogens is 6. The zero-order valence-electron chi connectivity index (χ0n) is 14.6. The van der Waals surface area contributed by atoms with Crippen LogP contribution in [0.1, 0.15) is 5.56 Å². The lowest BCUT2D eigenvalue weighted by molar-refractivity contribution is -0.0522. The third kappa shape index (κ3) is 8.30. The van der Waals surface area contributed by atoms with Gasteiger partial charge >= 0.3 is 11.0 Å². The normalized spacial score (nSPS) is 21.5. The molecule has 0 N–H and O–H groups in total. The van der Waals surface area contributed by atoms with Crippen molar-refractivity contribution in [2.75, 3.05) is 23.0 Å². The summed E-state index contributed by atoms with van der Waals surface area (Å²) in [4.78, 5) is 1.67. The van der Waals surface area contributed by atoms with Crippen molar-refractivity contribution in [2.45, 2.75) is 11.0 Å². The van der Waals surface area contributed by atoms with Crippen LogP contribution in [0.2, 0.25) is 0 Å². The van der Waals surface area contributed by atoms with Crippen LogP contribution in [-0.2, 0) is 42.0 Å². The van der Waals surface area contributed by atoms with Crippen molar-refractivity contribution in [3.8, 4) is 0 Å². The molecular weight excluding hydrogens is 506 g/mol. The predicted molar refractivity (Wildman–Crippen MR) is 100 cm³/mol. The van der Waals surface area contributed by atoms with Crippen LogP contribution in [0.25, 0.3) is 4.91 Å². The molecular formula is C14H14F6O6S4. The third-order valence-corrected chi connectivity index (χ3v) is 9.59. The molecule has 172 valence electrons. The van der Waals surface area contributed by atoms with Crippen LogP contribution in [0.3, 0.4) is 0 Å². The van der Waals surface area contributed by atoms with Gasteiger partial charge in [-0.1, -0.05) is 18.2 Å². The van der Waals surface area contributed by atoms with Crippen molar-refractivity contribution in [1.29, 1.82) is 0 Å². The third-order valence-electron chi connectivity index (χ3n) is 3.39. The van der Waals surface area contributed by atoms with E-state index in [0.29, 0.717) is 21.8 Å². The van der Waals surface area contributed by atoms with E-state index in [2.05, 4.69) is 35.7 Å². The van der Waals surface area contributed by atoms with E-state index in [4.69, 9.17) is 25.9 Å². The molecule has 1 aromatic rings. The molecule has 0 saturated carbocycles. The summed E-state index contributed by atoms with van der Waals surface area (Å²) in [5, 5.41) is 2.57. The van der Waals surface area contributed by atoms with E-state index in [1.54, 1.807) is 4.91 Å². The first-order chi connectivity index (χ1) is 13.4. The minimum Gasteiger partial charge on any atom is -0.741 e. The van der Waals surface area contributed by atoms with Crippen molar-refractivity contribution >= 4 is 46.9 Å². The highest BCUT2D eigenvalue weighted by Gasteiger charge is 2.44. The van der Waals surface area contributed by atoms with Gasteiger partial charge in [0.25, 0.3) is 0 Å². The molecule has 3 aliphatic heterocycles. The van der Waals surface area contributed by atoms with Crippen LogP contribution in [-0.4, -0.2) is 60.0 Å². The summed E-state index contributed by atoms with van der Waals surface area (Å²) >= 11 is 0. The Morgan fingerprint density at radius 3 is 1.37 bits per heavy atom. The number of benzene rings is 1. The van der Waals surface area contributed by atoms with E-state index in [1.165, 1.54) is 28.6 Å². The highest BCUT2D eigenvalue weighted by atomic mass is 32.2. The number of alkyl halides is 6. The van der Waals surface area contributed by atoms with E-state index in [9.17, 15) is 26.3 Å². The Labute approximate surface area is 174 Å². The van der Waals surface area contributed by atoms with Crippen LogP contribution in [0.5, 0.6) is 0 Å². The van der Waals surface area contributed by atoms with Crippen molar-refractivity contribution < 1.29 is 52.3 Å². The van der Waals surface area contributed by atoms with Crippen molar-refractivity contribution in [1.82, 2.24) is 0 Å². The van der Waals surface area contributed by atoms with Gasteiger partial charge < -0.3 is 9.11 Å². The minimum atomic E-state index is -6.09. The molecule has 1 fully saturated rings. The highest BCUT2D eigenvalue weighted by Crippen LogP contribution is 2.34. The molecule has 0 aliphatic carbocycles. The number of rotatable bonds is 1. The minimum absolute atomic E-state index is 0.594. The quantitative estimate of drug-likeness (QED) is 0.243. The van der Waals surface area contributed by atoms with E-state index in [1.807, 2.05) is 0 Å². The molecule has 2 bridgehead atoms. The Balaban J connectivity index is 0.000000245. The Hall–Kier alpha value is -0.940. The SMILES string of the molecule is C1=C(c2ccccc2)[S+]2CC[S+]1CC2.O=S(=O)([O-])C(F)(F)F.O=S(=O)([O-])C(F)(F)F. The first-order valence-electron chi connectivity index (χ1n) is 7.59. The zero-order valence-corrected chi connectivity index (χ0v) is 17.9. The molecule has 0 unspecified atom stereocenters. The Kier molecular flexibility index (Phi) is 9.14. The molecule has 16 heteroatoms. The summed E-state index contributed by atoms with van der Waals surface area (Å²) in [6.45, 7) is 0. The second-order valence-electron chi connectivity index (χ2n) is 5.49. The number of hydrogen-bond acceptors (Lipinski definition) is 6. The molecule has 6 nitrogen and oxygen atoms in total.